The van der Waals surface area contributed by atoms with E-state index in [-0.39, 0.29) is 17.9 Å². The van der Waals surface area contributed by atoms with Crippen LogP contribution >= 0.6 is 0 Å². The van der Waals surface area contributed by atoms with Gasteiger partial charge in [0.1, 0.15) is 5.75 Å². The first-order valence-corrected chi connectivity index (χ1v) is 12.0. The van der Waals surface area contributed by atoms with Crippen molar-refractivity contribution >= 4 is 5.91 Å². The molecule has 0 N–H and O–H groups in total. The van der Waals surface area contributed by atoms with Crippen LogP contribution in [0.4, 0.5) is 0 Å². The summed E-state index contributed by atoms with van der Waals surface area (Å²) in [6.07, 6.45) is 5.27. The predicted octanol–water partition coefficient (Wildman–Crippen LogP) is 5.28. The van der Waals surface area contributed by atoms with Gasteiger partial charge in [-0.25, -0.2) is 4.68 Å². The minimum atomic E-state index is 0.108. The highest BCUT2D eigenvalue weighted by Gasteiger charge is 2.33. The van der Waals surface area contributed by atoms with E-state index in [0.717, 1.165) is 61.4 Å². The summed E-state index contributed by atoms with van der Waals surface area (Å²) in [6, 6.07) is 19.7. The van der Waals surface area contributed by atoms with E-state index in [1.807, 2.05) is 77.2 Å². The molecule has 1 atom stereocenters. The van der Waals surface area contributed by atoms with E-state index in [4.69, 9.17) is 14.6 Å². The van der Waals surface area contributed by atoms with Gasteiger partial charge in [-0.05, 0) is 56.9 Å². The van der Waals surface area contributed by atoms with E-state index in [0.29, 0.717) is 19.0 Å². The molecule has 0 spiro atoms. The third kappa shape index (κ3) is 4.81. The van der Waals surface area contributed by atoms with Crippen LogP contribution in [0.25, 0.3) is 5.69 Å². The molecule has 0 unspecified atom stereocenters. The summed E-state index contributed by atoms with van der Waals surface area (Å²) in [5.41, 5.74) is 2.73. The summed E-state index contributed by atoms with van der Waals surface area (Å²) in [4.78, 5) is 15.4. The summed E-state index contributed by atoms with van der Waals surface area (Å²) >= 11 is 0. The van der Waals surface area contributed by atoms with E-state index in [1.54, 1.807) is 0 Å². The molecule has 1 amide bonds. The zero-order valence-corrected chi connectivity index (χ0v) is 19.2. The molecule has 0 radical (unpaired) electrons. The number of amides is 1. The molecular weight excluding hydrogens is 414 g/mol. The number of nitrogens with zero attached hydrogens (tertiary/aromatic N) is 3. The first kappa shape index (κ1) is 21.7. The van der Waals surface area contributed by atoms with E-state index < -0.39 is 0 Å². The Morgan fingerprint density at radius 1 is 1.06 bits per heavy atom. The Morgan fingerprint density at radius 3 is 2.42 bits per heavy atom. The van der Waals surface area contributed by atoms with Gasteiger partial charge in [-0.3, -0.25) is 4.79 Å². The molecule has 0 bridgehead atoms. The van der Waals surface area contributed by atoms with Crippen molar-refractivity contribution in [2.45, 2.75) is 51.7 Å². The first-order chi connectivity index (χ1) is 16.2. The van der Waals surface area contributed by atoms with Crippen molar-refractivity contribution < 1.29 is 14.3 Å². The number of para-hydroxylation sites is 2. The molecule has 1 saturated heterocycles. The van der Waals surface area contributed by atoms with Crippen molar-refractivity contribution in [3.63, 3.8) is 0 Å². The fourth-order valence-corrected chi connectivity index (χ4v) is 4.54. The fourth-order valence-electron chi connectivity index (χ4n) is 4.54. The number of ether oxygens (including phenoxy) is 2. The van der Waals surface area contributed by atoms with Crippen molar-refractivity contribution in [2.24, 2.45) is 5.92 Å². The van der Waals surface area contributed by atoms with Crippen LogP contribution in [0.15, 0.2) is 60.7 Å². The zero-order chi connectivity index (χ0) is 22.6. The lowest BCUT2D eigenvalue weighted by Gasteiger charge is -2.33. The van der Waals surface area contributed by atoms with Gasteiger partial charge in [0.15, 0.2) is 0 Å². The van der Waals surface area contributed by atoms with E-state index in [9.17, 15) is 4.79 Å². The molecule has 6 nitrogen and oxygen atoms in total. The Bertz CT molecular complexity index is 1070. The number of aryl methyl sites for hydroxylation is 1. The molecule has 2 fully saturated rings. The van der Waals surface area contributed by atoms with Gasteiger partial charge in [-0.1, -0.05) is 42.8 Å². The minimum absolute atomic E-state index is 0.108. The van der Waals surface area contributed by atoms with Crippen LogP contribution in [0.3, 0.4) is 0 Å². The molecule has 33 heavy (non-hydrogen) atoms. The van der Waals surface area contributed by atoms with E-state index >= 15 is 0 Å². The Morgan fingerprint density at radius 2 is 1.79 bits per heavy atom. The molecule has 1 aromatic heterocycles. The number of benzene rings is 2. The van der Waals surface area contributed by atoms with Crippen LogP contribution in [0.2, 0.25) is 0 Å². The van der Waals surface area contributed by atoms with Crippen molar-refractivity contribution in [1.82, 2.24) is 14.7 Å². The predicted molar refractivity (Wildman–Crippen MR) is 127 cm³/mol. The summed E-state index contributed by atoms with van der Waals surface area (Å²) in [6.45, 7) is 3.86. The van der Waals surface area contributed by atoms with E-state index in [2.05, 4.69) is 0 Å². The average molecular weight is 446 g/mol. The van der Waals surface area contributed by atoms with Gasteiger partial charge in [0.2, 0.25) is 11.8 Å². The first-order valence-electron chi connectivity index (χ1n) is 12.0. The summed E-state index contributed by atoms with van der Waals surface area (Å²) in [5.74, 6) is 1.76. The van der Waals surface area contributed by atoms with Crippen LogP contribution in [0.5, 0.6) is 11.6 Å². The molecule has 2 aliphatic rings. The molecule has 172 valence electrons. The molecule has 6 heteroatoms. The highest BCUT2D eigenvalue weighted by atomic mass is 16.5. The highest BCUT2D eigenvalue weighted by Crippen LogP contribution is 2.34. The summed E-state index contributed by atoms with van der Waals surface area (Å²) in [7, 11) is 0. The standard InChI is InChI=1S/C27H31N3O3/c1-20-25(19-29(18-24-16-9-17-32-24)26(31)21-10-8-11-21)27(33-23-14-6-3-7-15-23)30(28-20)22-12-4-2-5-13-22/h2-7,12-15,21,24H,8-11,16-19H2,1H3/t24-/m0/s1. The van der Waals surface area contributed by atoms with Crippen LogP contribution in [0, 0.1) is 12.8 Å². The van der Waals surface area contributed by atoms with Crippen molar-refractivity contribution in [3.05, 3.63) is 71.9 Å². The zero-order valence-electron chi connectivity index (χ0n) is 19.2. The quantitative estimate of drug-likeness (QED) is 0.473. The number of aromatic nitrogens is 2. The second kappa shape index (κ2) is 9.79. The Balaban J connectivity index is 1.50. The van der Waals surface area contributed by atoms with Gasteiger partial charge in [-0.2, -0.15) is 5.10 Å². The Labute approximate surface area is 195 Å². The molecule has 2 heterocycles. The maximum absolute atomic E-state index is 13.4. The summed E-state index contributed by atoms with van der Waals surface area (Å²) in [5, 5.41) is 4.82. The lowest BCUT2D eigenvalue weighted by molar-refractivity contribution is -0.140. The lowest BCUT2D eigenvalue weighted by Crippen LogP contribution is -2.42. The van der Waals surface area contributed by atoms with Crippen LogP contribution in [-0.4, -0.2) is 39.8 Å². The number of carbonyl (C=O) groups is 1. The van der Waals surface area contributed by atoms with Gasteiger partial charge in [0, 0.05) is 19.1 Å². The second-order valence-corrected chi connectivity index (χ2v) is 9.01. The largest absolute Gasteiger partial charge is 0.439 e. The molecule has 2 aromatic carbocycles. The topological polar surface area (TPSA) is 56.6 Å². The highest BCUT2D eigenvalue weighted by molar-refractivity contribution is 5.79. The van der Waals surface area contributed by atoms with Gasteiger partial charge in [0.25, 0.3) is 0 Å². The van der Waals surface area contributed by atoms with Crippen molar-refractivity contribution in [2.75, 3.05) is 13.2 Å². The monoisotopic (exact) mass is 445 g/mol. The van der Waals surface area contributed by atoms with Gasteiger partial charge < -0.3 is 14.4 Å². The third-order valence-electron chi connectivity index (χ3n) is 6.66. The van der Waals surface area contributed by atoms with Crippen LogP contribution in [0.1, 0.15) is 43.4 Å². The third-order valence-corrected chi connectivity index (χ3v) is 6.66. The number of hydrogen-bond acceptors (Lipinski definition) is 4. The van der Waals surface area contributed by atoms with E-state index in [1.165, 1.54) is 0 Å². The number of hydrogen-bond donors (Lipinski definition) is 0. The molecule has 3 aromatic rings. The normalized spacial score (nSPS) is 18.2. The number of rotatable bonds is 8. The Hall–Kier alpha value is -3.12. The maximum atomic E-state index is 13.4. The van der Waals surface area contributed by atoms with Gasteiger partial charge in [-0.15, -0.1) is 0 Å². The molecule has 5 rings (SSSR count). The van der Waals surface area contributed by atoms with Gasteiger partial charge >= 0.3 is 0 Å². The van der Waals surface area contributed by atoms with Crippen molar-refractivity contribution in [3.8, 4) is 17.3 Å². The van der Waals surface area contributed by atoms with Crippen LogP contribution < -0.4 is 4.74 Å². The molecule has 1 aliphatic carbocycles. The number of carbonyl (C=O) groups excluding carboxylic acids is 1. The SMILES string of the molecule is Cc1nn(-c2ccccc2)c(Oc2ccccc2)c1CN(C[C@@H]1CCCO1)C(=O)C1CCC1. The lowest BCUT2D eigenvalue weighted by atomic mass is 9.84. The maximum Gasteiger partial charge on any atom is 0.227 e. The second-order valence-electron chi connectivity index (χ2n) is 9.01. The fraction of sp³-hybridized carbons (Fsp3) is 0.407. The molecule has 1 saturated carbocycles. The minimum Gasteiger partial charge on any atom is -0.439 e. The summed E-state index contributed by atoms with van der Waals surface area (Å²) < 4.78 is 14.1. The Kier molecular flexibility index (Phi) is 6.44. The smallest absolute Gasteiger partial charge is 0.227 e. The van der Waals surface area contributed by atoms with Gasteiger partial charge in [0.05, 0.1) is 29.6 Å². The molecule has 1 aliphatic heterocycles. The van der Waals surface area contributed by atoms with Crippen molar-refractivity contribution in [1.29, 1.82) is 0 Å². The molecular formula is C27H31N3O3. The van der Waals surface area contributed by atoms with Crippen LogP contribution in [-0.2, 0) is 16.1 Å². The average Bonchev–Trinajstić information content (AvgIpc) is 3.42.